The first-order valence-electron chi connectivity index (χ1n) is 6.19. The Morgan fingerprint density at radius 1 is 1.41 bits per heavy atom. The van der Waals surface area contributed by atoms with Gasteiger partial charge >= 0.3 is 0 Å². The molecule has 0 radical (unpaired) electrons. The van der Waals surface area contributed by atoms with Crippen molar-refractivity contribution < 1.29 is 9.53 Å². The molecular formula is C14H9ClN2O2S3. The molecule has 1 amide bonds. The molecule has 3 rings (SSSR count). The number of para-hydroxylation sites is 1. The molecule has 1 N–H and O–H groups in total. The number of carbonyl (C=O) groups is 1. The molecule has 1 fully saturated rings. The Labute approximate surface area is 145 Å². The largest absolute Gasteiger partial charge is 0.487 e. The molecule has 4 nitrogen and oxygen atoms in total. The van der Waals surface area contributed by atoms with Crippen LogP contribution in [0.15, 0.2) is 35.4 Å². The predicted molar refractivity (Wildman–Crippen MR) is 94.2 cm³/mol. The van der Waals surface area contributed by atoms with E-state index in [0.717, 1.165) is 10.4 Å². The minimum Gasteiger partial charge on any atom is -0.487 e. The van der Waals surface area contributed by atoms with Crippen LogP contribution in [0.3, 0.4) is 0 Å². The Kier molecular flexibility index (Phi) is 4.77. The molecule has 0 spiro atoms. The highest BCUT2D eigenvalue weighted by Gasteiger charge is 2.22. The molecule has 2 heterocycles. The Balaban J connectivity index is 1.79. The van der Waals surface area contributed by atoms with E-state index in [1.807, 2.05) is 24.3 Å². The SMILES string of the molecule is O=C1NC(=S)S/C1=C\c1ccccc1OCc1cnc(Cl)s1. The van der Waals surface area contributed by atoms with E-state index in [-0.39, 0.29) is 5.91 Å². The molecular weight excluding hydrogens is 360 g/mol. The second-order valence-electron chi connectivity index (χ2n) is 4.26. The molecule has 1 aromatic carbocycles. The van der Waals surface area contributed by atoms with Gasteiger partial charge in [0.1, 0.15) is 16.7 Å². The van der Waals surface area contributed by atoms with Gasteiger partial charge in [0.25, 0.3) is 5.91 Å². The van der Waals surface area contributed by atoms with Gasteiger partial charge in [-0.2, -0.15) is 0 Å². The highest BCUT2D eigenvalue weighted by Crippen LogP contribution is 2.30. The van der Waals surface area contributed by atoms with Crippen LogP contribution < -0.4 is 10.1 Å². The quantitative estimate of drug-likeness (QED) is 0.656. The minimum atomic E-state index is -0.181. The van der Waals surface area contributed by atoms with Gasteiger partial charge in [0.05, 0.1) is 9.78 Å². The summed E-state index contributed by atoms with van der Waals surface area (Å²) in [5.41, 5.74) is 0.820. The summed E-state index contributed by atoms with van der Waals surface area (Å²) in [6.45, 7) is 0.377. The number of hydrogen-bond donors (Lipinski definition) is 1. The van der Waals surface area contributed by atoms with Crippen LogP contribution in [0.1, 0.15) is 10.4 Å². The number of thiocarbonyl (C=S) groups is 1. The highest BCUT2D eigenvalue weighted by atomic mass is 35.5. The molecule has 1 saturated heterocycles. The lowest BCUT2D eigenvalue weighted by Gasteiger charge is -2.08. The van der Waals surface area contributed by atoms with Gasteiger partial charge in [0, 0.05) is 11.8 Å². The Morgan fingerprint density at radius 3 is 2.91 bits per heavy atom. The second kappa shape index (κ2) is 6.78. The number of carbonyl (C=O) groups excluding carboxylic acids is 1. The van der Waals surface area contributed by atoms with Crippen LogP contribution >= 0.6 is 46.9 Å². The van der Waals surface area contributed by atoms with Crippen LogP contribution in [0.4, 0.5) is 0 Å². The zero-order chi connectivity index (χ0) is 15.5. The number of aromatic nitrogens is 1. The van der Waals surface area contributed by atoms with Gasteiger partial charge in [0.2, 0.25) is 0 Å². The van der Waals surface area contributed by atoms with Gasteiger partial charge in [-0.05, 0) is 12.1 Å². The first-order chi connectivity index (χ1) is 10.6. The number of ether oxygens (including phenoxy) is 1. The fourth-order valence-electron chi connectivity index (χ4n) is 1.79. The third kappa shape index (κ3) is 3.67. The molecule has 1 aromatic heterocycles. The average Bonchev–Trinajstić information content (AvgIpc) is 3.04. The smallest absolute Gasteiger partial charge is 0.263 e. The van der Waals surface area contributed by atoms with Crippen molar-refractivity contribution in [2.45, 2.75) is 6.61 Å². The molecule has 0 bridgehead atoms. The number of nitrogens with one attached hydrogen (secondary N) is 1. The Bertz CT molecular complexity index is 773. The van der Waals surface area contributed by atoms with Crippen LogP contribution in [0.2, 0.25) is 4.47 Å². The fraction of sp³-hybridized carbons (Fsp3) is 0.0714. The van der Waals surface area contributed by atoms with Gasteiger partial charge in [-0.1, -0.05) is 53.8 Å². The van der Waals surface area contributed by atoms with Crippen molar-refractivity contribution >= 4 is 63.2 Å². The molecule has 1 aliphatic heterocycles. The number of thiazole rings is 1. The monoisotopic (exact) mass is 368 g/mol. The third-order valence-electron chi connectivity index (χ3n) is 2.74. The standard InChI is InChI=1S/C14H9ClN2O2S3/c15-13-16-6-9(21-13)7-19-10-4-2-1-3-8(10)5-11-12(18)17-14(20)22-11/h1-6H,7H2,(H,17,18,20)/b11-5-. The lowest BCUT2D eigenvalue weighted by atomic mass is 10.2. The second-order valence-corrected chi connectivity index (χ2v) is 7.67. The first-order valence-corrected chi connectivity index (χ1v) is 8.60. The topological polar surface area (TPSA) is 51.2 Å². The van der Waals surface area contributed by atoms with E-state index in [4.69, 9.17) is 28.6 Å². The molecule has 2 aromatic rings. The van der Waals surface area contributed by atoms with Gasteiger partial charge in [0.15, 0.2) is 4.47 Å². The molecule has 8 heteroatoms. The lowest BCUT2D eigenvalue weighted by Crippen LogP contribution is -2.17. The number of nitrogens with zero attached hydrogens (tertiary/aromatic N) is 1. The Morgan fingerprint density at radius 2 is 2.23 bits per heavy atom. The van der Waals surface area contributed by atoms with Gasteiger partial charge < -0.3 is 10.1 Å². The zero-order valence-electron chi connectivity index (χ0n) is 11.0. The summed E-state index contributed by atoms with van der Waals surface area (Å²) in [4.78, 5) is 17.2. The van der Waals surface area contributed by atoms with E-state index in [2.05, 4.69) is 10.3 Å². The number of benzene rings is 1. The van der Waals surface area contributed by atoms with Crippen LogP contribution in [-0.2, 0) is 11.4 Å². The predicted octanol–water partition coefficient (Wildman–Crippen LogP) is 3.86. The summed E-state index contributed by atoms with van der Waals surface area (Å²) in [5.74, 6) is 0.504. The number of thioether (sulfide) groups is 1. The maximum atomic E-state index is 11.7. The van der Waals surface area contributed by atoms with Crippen LogP contribution in [0, 0.1) is 0 Å². The maximum Gasteiger partial charge on any atom is 0.263 e. The van der Waals surface area contributed by atoms with Crippen molar-refractivity contribution in [2.75, 3.05) is 0 Å². The molecule has 22 heavy (non-hydrogen) atoms. The van der Waals surface area contributed by atoms with Crippen molar-refractivity contribution in [3.8, 4) is 5.75 Å². The first kappa shape index (κ1) is 15.5. The van der Waals surface area contributed by atoms with E-state index in [1.54, 1.807) is 12.3 Å². The van der Waals surface area contributed by atoms with E-state index in [9.17, 15) is 4.79 Å². The van der Waals surface area contributed by atoms with Crippen LogP contribution in [-0.4, -0.2) is 15.2 Å². The molecule has 1 aliphatic rings. The summed E-state index contributed by atoms with van der Waals surface area (Å²) >= 11 is 13.4. The highest BCUT2D eigenvalue weighted by molar-refractivity contribution is 8.26. The summed E-state index contributed by atoms with van der Waals surface area (Å²) < 4.78 is 6.76. The third-order valence-corrected chi connectivity index (χ3v) is 4.99. The van der Waals surface area contributed by atoms with Crippen molar-refractivity contribution in [3.05, 3.63) is 50.3 Å². The van der Waals surface area contributed by atoms with E-state index >= 15 is 0 Å². The number of hydrogen-bond acceptors (Lipinski definition) is 6. The molecule has 0 aliphatic carbocycles. The minimum absolute atomic E-state index is 0.181. The summed E-state index contributed by atoms with van der Waals surface area (Å²) in [5, 5.41) is 2.59. The van der Waals surface area contributed by atoms with Crippen molar-refractivity contribution in [2.24, 2.45) is 0 Å². The summed E-state index contributed by atoms with van der Waals surface area (Å²) in [6.07, 6.45) is 3.46. The van der Waals surface area contributed by atoms with Gasteiger partial charge in [-0.15, -0.1) is 11.3 Å². The van der Waals surface area contributed by atoms with Crippen molar-refractivity contribution in [1.29, 1.82) is 0 Å². The summed E-state index contributed by atoms with van der Waals surface area (Å²) in [6, 6.07) is 7.50. The zero-order valence-corrected chi connectivity index (χ0v) is 14.2. The normalized spacial score (nSPS) is 16.1. The Hall–Kier alpha value is -1.41. The van der Waals surface area contributed by atoms with E-state index in [1.165, 1.54) is 23.1 Å². The molecule has 0 atom stereocenters. The van der Waals surface area contributed by atoms with Crippen LogP contribution in [0.5, 0.6) is 5.75 Å². The number of rotatable bonds is 4. The molecule has 0 saturated carbocycles. The number of amides is 1. The summed E-state index contributed by atoms with van der Waals surface area (Å²) in [7, 11) is 0. The number of halogens is 1. The van der Waals surface area contributed by atoms with Crippen molar-refractivity contribution in [1.82, 2.24) is 10.3 Å². The van der Waals surface area contributed by atoms with Crippen molar-refractivity contribution in [3.63, 3.8) is 0 Å². The van der Waals surface area contributed by atoms with E-state index in [0.29, 0.717) is 26.0 Å². The average molecular weight is 369 g/mol. The fourth-order valence-corrected chi connectivity index (χ4v) is 3.72. The van der Waals surface area contributed by atoms with Gasteiger partial charge in [-0.3, -0.25) is 4.79 Å². The maximum absolute atomic E-state index is 11.7. The lowest BCUT2D eigenvalue weighted by molar-refractivity contribution is -0.115. The van der Waals surface area contributed by atoms with E-state index < -0.39 is 0 Å². The van der Waals surface area contributed by atoms with Gasteiger partial charge in [-0.25, -0.2) is 4.98 Å². The molecule has 0 unspecified atom stereocenters. The molecule has 112 valence electrons. The van der Waals surface area contributed by atoms with Crippen LogP contribution in [0.25, 0.3) is 6.08 Å².